The second-order valence-corrected chi connectivity index (χ2v) is 52.3. The summed E-state index contributed by atoms with van der Waals surface area (Å²) in [5.41, 5.74) is 0. The minimum absolute atomic E-state index is 1.16. The molecule has 0 fully saturated rings. The molecule has 0 aliphatic carbocycles. The normalized spacial score (nSPS) is 24.3. The molecule has 0 bridgehead atoms. The highest BCUT2D eigenvalue weighted by Gasteiger charge is 2.35. The highest BCUT2D eigenvalue weighted by atomic mass is 32.3. The van der Waals surface area contributed by atoms with Gasteiger partial charge in [0.2, 0.25) is 0 Å². The lowest BCUT2D eigenvalue weighted by Gasteiger charge is -2.08. The molecule has 0 unspecified atom stereocenters. The molecule has 416 valence electrons. The van der Waals surface area contributed by atoms with Crippen LogP contribution in [0.4, 0.5) is 0 Å². The van der Waals surface area contributed by atoms with E-state index in [4.69, 9.17) is 0 Å². The quantitative estimate of drug-likeness (QED) is 0.226. The van der Waals surface area contributed by atoms with Crippen LogP contribution >= 0.6 is 376 Å². The predicted octanol–water partition coefficient (Wildman–Crippen LogP) is 27.7. The van der Waals surface area contributed by atoms with E-state index >= 15 is 0 Å². The molecule has 0 saturated heterocycles. The summed E-state index contributed by atoms with van der Waals surface area (Å²) in [7, 11) is 0. The van der Waals surface area contributed by atoms with Gasteiger partial charge in [-0.15, -0.1) is 188 Å². The minimum Gasteiger partial charge on any atom is -0.121 e. The highest BCUT2D eigenvalue weighted by Crippen LogP contribution is 2.70. The minimum atomic E-state index is 1.16. The molecule has 0 saturated carbocycles. The van der Waals surface area contributed by atoms with Gasteiger partial charge in [-0.2, -0.15) is 0 Å². The van der Waals surface area contributed by atoms with Crippen molar-refractivity contribution in [3.63, 3.8) is 0 Å². The van der Waals surface area contributed by atoms with Gasteiger partial charge in [-0.25, -0.2) is 0 Å². The average Bonchev–Trinajstić information content (AvgIpc) is 4.32. The van der Waals surface area contributed by atoms with Crippen LogP contribution in [-0.2, 0) is 0 Å². The van der Waals surface area contributed by atoms with Gasteiger partial charge in [-0.3, -0.25) is 0 Å². The summed E-state index contributed by atoms with van der Waals surface area (Å²) in [4.78, 5) is 0. The Balaban J connectivity index is 0.911. The molecule has 0 nitrogen and oxygen atoms in total. The number of thioether (sulfide) groups is 32. The molecule has 0 spiro atoms. The van der Waals surface area contributed by atoms with Crippen LogP contribution in [0.15, 0.2) is 102 Å². The van der Waals surface area contributed by atoms with Crippen LogP contribution in [-0.4, -0.2) is 96.1 Å². The van der Waals surface area contributed by atoms with Crippen LogP contribution in [0.3, 0.4) is 0 Å². The third-order valence-electron chi connectivity index (χ3n) is 9.47. The number of hydrogen-bond acceptors (Lipinski definition) is 32. The molecule has 0 aromatic rings. The molecule has 9 aliphatic rings. The zero-order valence-electron chi connectivity index (χ0n) is 41.5. The maximum absolute atomic E-state index is 2.23. The third-order valence-corrected chi connectivity index (χ3v) is 55.2. The van der Waals surface area contributed by atoms with Crippen molar-refractivity contribution in [2.45, 2.75) is 25.7 Å². The molecule has 0 radical (unpaired) electrons. The lowest BCUT2D eigenvalue weighted by atomic mass is 10.6. The standard InChI is InChI=1S/C44H48S32/c1-45-21-22(46-2)62-37(61-21)41-69-29-30(70-41)54-14-10-16-56-32-34(74-43(72-32)39-65-25(49-5)26(50-6)66-39)58-18-12-20-60-36-35(75-44(76-36)40-67-27(51-7)28(52-8)68-40)59-19-11-17-57-33-31(55-15-9-13-53-29)71-42(73-33)38-63-23(47-3)24(48-4)64-38/h9-20H2,1-8H3. The third kappa shape index (κ3) is 19.1. The summed E-state index contributed by atoms with van der Waals surface area (Å²) in [6, 6.07) is 0. The Morgan fingerprint density at radius 3 is 0.408 bits per heavy atom. The first kappa shape index (κ1) is 68.4. The van der Waals surface area contributed by atoms with Crippen molar-refractivity contribution in [2.24, 2.45) is 0 Å². The Bertz CT molecular complexity index is 2100. The first-order chi connectivity index (χ1) is 37.3. The Hall–Kier alpha value is 8.08. The van der Waals surface area contributed by atoms with Gasteiger partial charge in [0.15, 0.2) is 0 Å². The van der Waals surface area contributed by atoms with Crippen LogP contribution in [0.2, 0.25) is 0 Å². The van der Waals surface area contributed by atoms with E-state index in [0.29, 0.717) is 0 Å². The molecular weight excluding hydrogens is 1550 g/mol. The molecule has 76 heavy (non-hydrogen) atoms. The van der Waals surface area contributed by atoms with Gasteiger partial charge in [0.25, 0.3) is 0 Å². The lowest BCUT2D eigenvalue weighted by Crippen LogP contribution is -1.88. The highest BCUT2D eigenvalue weighted by molar-refractivity contribution is 8.49. The summed E-state index contributed by atoms with van der Waals surface area (Å²) in [5, 5.41) is 0. The largest absolute Gasteiger partial charge is 0.121 e. The molecule has 9 aliphatic heterocycles. The monoisotopic (exact) mass is 1600 g/mol. The first-order valence-corrected chi connectivity index (χ1v) is 53.1. The molecular formula is C44H48S32. The van der Waals surface area contributed by atoms with E-state index in [1.54, 1.807) is 0 Å². The van der Waals surface area contributed by atoms with Crippen LogP contribution in [0.25, 0.3) is 0 Å². The van der Waals surface area contributed by atoms with Crippen molar-refractivity contribution in [2.75, 3.05) is 96.1 Å². The van der Waals surface area contributed by atoms with Gasteiger partial charge >= 0.3 is 0 Å². The summed E-state index contributed by atoms with van der Waals surface area (Å²) < 4.78 is 36.0. The summed E-state index contributed by atoms with van der Waals surface area (Å²) in [6.07, 6.45) is 22.7. The van der Waals surface area contributed by atoms with Gasteiger partial charge in [-0.05, 0) is 122 Å². The van der Waals surface area contributed by atoms with E-state index < -0.39 is 0 Å². The van der Waals surface area contributed by atoms with Crippen molar-refractivity contribution in [3.05, 3.63) is 102 Å². The topological polar surface area (TPSA) is 0 Å². The summed E-state index contributed by atoms with van der Waals surface area (Å²) in [5.74, 6) is 9.27. The zero-order chi connectivity index (χ0) is 53.0. The Morgan fingerprint density at radius 2 is 0.289 bits per heavy atom. The predicted molar refractivity (Wildman–Crippen MR) is 432 cm³/mol. The summed E-state index contributed by atoms with van der Waals surface area (Å²) >= 11 is 64.8. The molecule has 0 atom stereocenters. The Labute approximate surface area is 589 Å². The molecule has 9 heterocycles. The van der Waals surface area contributed by atoms with Crippen molar-refractivity contribution in [1.82, 2.24) is 0 Å². The molecule has 0 N–H and O–H groups in total. The number of rotatable bonds is 8. The van der Waals surface area contributed by atoms with Gasteiger partial charge < -0.3 is 0 Å². The van der Waals surface area contributed by atoms with E-state index in [0.717, 1.165) is 46.0 Å². The Morgan fingerprint density at radius 1 is 0.171 bits per heavy atom. The first-order valence-electron chi connectivity index (χ1n) is 22.4. The van der Waals surface area contributed by atoms with E-state index in [9.17, 15) is 0 Å². The van der Waals surface area contributed by atoms with Gasteiger partial charge in [0, 0.05) is 0 Å². The van der Waals surface area contributed by atoms with Crippen molar-refractivity contribution in [1.29, 1.82) is 0 Å². The van der Waals surface area contributed by atoms with Gasteiger partial charge in [-0.1, -0.05) is 188 Å². The van der Waals surface area contributed by atoms with Crippen LogP contribution in [0.5, 0.6) is 0 Å². The van der Waals surface area contributed by atoms with Crippen molar-refractivity contribution in [3.8, 4) is 0 Å². The van der Waals surface area contributed by atoms with Crippen molar-refractivity contribution < 1.29 is 0 Å². The van der Waals surface area contributed by atoms with Crippen LogP contribution in [0.1, 0.15) is 25.7 Å². The fourth-order valence-electron chi connectivity index (χ4n) is 6.11. The zero-order valence-corrected chi connectivity index (χ0v) is 67.7. The molecule has 32 heteroatoms. The van der Waals surface area contributed by atoms with E-state index in [-0.39, 0.29) is 0 Å². The lowest BCUT2D eigenvalue weighted by molar-refractivity contribution is 1.13. The maximum atomic E-state index is 2.23. The fraction of sp³-hybridized carbons (Fsp3) is 0.455. The van der Waals surface area contributed by atoms with Crippen LogP contribution in [0, 0.1) is 0 Å². The Kier molecular flexibility index (Phi) is 32.7. The molecule has 0 aromatic heterocycles. The van der Waals surface area contributed by atoms with Gasteiger partial charge in [0.05, 0.1) is 102 Å². The van der Waals surface area contributed by atoms with E-state index in [2.05, 4.69) is 238 Å². The maximum Gasteiger partial charge on any atom is 0.0717 e. The average molecular weight is 1600 g/mol. The van der Waals surface area contributed by atoms with E-state index in [1.165, 1.54) is 127 Å². The fourth-order valence-corrected chi connectivity index (χ4v) is 51.5. The molecule has 9 rings (SSSR count). The number of hydrogen-bond donors (Lipinski definition) is 0. The molecule has 0 aromatic carbocycles. The SMILES string of the molecule is CSC1=C(SC)SC(=C2SC3=C(SCCCSC4=C(SCCCSC5=C(SCCCSC6=C(SCCCS3)SC(=C3SC(SC)=C(SC)S3)S6)SC(=C3SC(SC)=C(SC)S3)S5)SC(=C3SC(SC)=C(SC)S3)S4)S2)S1. The smallest absolute Gasteiger partial charge is 0.0717 e. The van der Waals surface area contributed by atoms with Crippen molar-refractivity contribution >= 4 is 376 Å². The second-order valence-electron chi connectivity index (χ2n) is 14.4. The second kappa shape index (κ2) is 36.4. The summed E-state index contributed by atoms with van der Waals surface area (Å²) in [6.45, 7) is 0. The van der Waals surface area contributed by atoms with E-state index in [1.807, 2.05) is 188 Å². The van der Waals surface area contributed by atoms with Gasteiger partial charge in [0.1, 0.15) is 0 Å². The van der Waals surface area contributed by atoms with Crippen LogP contribution < -0.4 is 0 Å². The molecule has 0 amide bonds.